The Morgan fingerprint density at radius 3 is 2.00 bits per heavy atom. The van der Waals surface area contributed by atoms with Gasteiger partial charge in [0.15, 0.2) is 0 Å². The quantitative estimate of drug-likeness (QED) is 0.533. The molecule has 2 aromatic rings. The molecule has 0 radical (unpaired) electrons. The Morgan fingerprint density at radius 2 is 1.36 bits per heavy atom. The van der Waals surface area contributed by atoms with Gasteiger partial charge in [-0.2, -0.15) is 0 Å². The molecule has 0 aliphatic heterocycles. The van der Waals surface area contributed by atoms with Crippen molar-refractivity contribution in [1.82, 2.24) is 0 Å². The summed E-state index contributed by atoms with van der Waals surface area (Å²) < 4.78 is 0. The summed E-state index contributed by atoms with van der Waals surface area (Å²) in [5.41, 5.74) is 5.26. The normalized spacial score (nSPS) is 10.0. The molecule has 0 heterocycles. The maximum Gasteiger partial charge on any atom is 0.140 e. The molecule has 0 aliphatic carbocycles. The predicted octanol–water partition coefficient (Wildman–Crippen LogP) is -0.130. The van der Waals surface area contributed by atoms with Crippen LogP contribution in [0.2, 0.25) is 0 Å². The van der Waals surface area contributed by atoms with Gasteiger partial charge in [0, 0.05) is 0 Å². The van der Waals surface area contributed by atoms with Crippen LogP contribution in [0.1, 0.15) is 0 Å². The van der Waals surface area contributed by atoms with Crippen molar-refractivity contribution in [3.8, 4) is 11.1 Å². The van der Waals surface area contributed by atoms with Gasteiger partial charge in [-0.15, -0.1) is 0 Å². The monoisotopic (exact) mass is 178 g/mol. The first kappa shape index (κ1) is 9.14. The molecule has 0 atom stereocenters. The average Bonchev–Trinajstić information content (AvgIpc) is 2.20. The third kappa shape index (κ3) is 1.74. The molecule has 14 heavy (non-hydrogen) atoms. The van der Waals surface area contributed by atoms with Gasteiger partial charge in [0.2, 0.25) is 0 Å². The molecule has 2 rings (SSSR count). The lowest BCUT2D eigenvalue weighted by Gasteiger charge is -2.05. The van der Waals surface area contributed by atoms with E-state index in [1.165, 1.54) is 22.1 Å². The largest absolute Gasteiger partial charge is 0.140 e. The number of hydrogen-bond acceptors (Lipinski definition) is 0. The molecular formula is C12H12B2. The first-order chi connectivity index (χ1) is 6.77. The van der Waals surface area contributed by atoms with E-state index in [9.17, 15) is 0 Å². The van der Waals surface area contributed by atoms with Gasteiger partial charge in [-0.3, -0.25) is 0 Å². The molecule has 0 spiro atoms. The molecule has 2 aromatic carbocycles. The summed E-state index contributed by atoms with van der Waals surface area (Å²) in [5.74, 6) is 0. The van der Waals surface area contributed by atoms with E-state index in [-0.39, 0.29) is 0 Å². The fraction of sp³-hybridized carbons (Fsp3) is 0. The second kappa shape index (κ2) is 3.75. The van der Waals surface area contributed by atoms with Crippen LogP contribution in [0.15, 0.2) is 48.5 Å². The van der Waals surface area contributed by atoms with E-state index >= 15 is 0 Å². The Morgan fingerprint density at radius 1 is 0.714 bits per heavy atom. The number of hydrogen-bond donors (Lipinski definition) is 0. The Bertz CT molecular complexity index is 432. The van der Waals surface area contributed by atoms with E-state index in [0.29, 0.717) is 0 Å². The van der Waals surface area contributed by atoms with Crippen LogP contribution < -0.4 is 10.9 Å². The molecule has 0 unspecified atom stereocenters. The first-order valence-corrected chi connectivity index (χ1v) is 4.90. The fourth-order valence-corrected chi connectivity index (χ4v) is 1.63. The topological polar surface area (TPSA) is 0 Å². The Kier molecular flexibility index (Phi) is 2.45. The Labute approximate surface area is 86.8 Å². The molecule has 0 aliphatic rings. The predicted molar refractivity (Wildman–Crippen MR) is 68.2 cm³/mol. The molecule has 0 saturated heterocycles. The van der Waals surface area contributed by atoms with Gasteiger partial charge in [-0.05, 0) is 11.1 Å². The Hall–Kier alpha value is -1.43. The molecule has 0 N–H and O–H groups in total. The highest BCUT2D eigenvalue weighted by atomic mass is 14.0. The summed E-state index contributed by atoms with van der Waals surface area (Å²) >= 11 is 0. The van der Waals surface area contributed by atoms with Crippen LogP contribution in [0.5, 0.6) is 0 Å². The third-order valence-electron chi connectivity index (χ3n) is 2.51. The van der Waals surface area contributed by atoms with Crippen LogP contribution in [-0.4, -0.2) is 15.7 Å². The second-order valence-corrected chi connectivity index (χ2v) is 3.68. The van der Waals surface area contributed by atoms with Crippen molar-refractivity contribution in [3.05, 3.63) is 48.5 Å². The van der Waals surface area contributed by atoms with Gasteiger partial charge in [-0.25, -0.2) is 0 Å². The van der Waals surface area contributed by atoms with E-state index < -0.39 is 0 Å². The van der Waals surface area contributed by atoms with Crippen LogP contribution in [0, 0.1) is 0 Å². The van der Waals surface area contributed by atoms with E-state index in [4.69, 9.17) is 0 Å². The lowest BCUT2D eigenvalue weighted by molar-refractivity contribution is 1.67. The molecular weight excluding hydrogens is 166 g/mol. The van der Waals surface area contributed by atoms with Crippen LogP contribution in [-0.2, 0) is 0 Å². The van der Waals surface area contributed by atoms with Gasteiger partial charge >= 0.3 is 0 Å². The zero-order chi connectivity index (χ0) is 9.97. The second-order valence-electron chi connectivity index (χ2n) is 3.68. The minimum absolute atomic E-state index is 1.30. The summed E-state index contributed by atoms with van der Waals surface area (Å²) in [4.78, 5) is 0. The van der Waals surface area contributed by atoms with Crippen molar-refractivity contribution < 1.29 is 0 Å². The standard InChI is InChI=1S/C12H12B2/c13-10-7-5-9(6-8-10)11-3-1-2-4-12(11)14/h1-8H,13-14H2. The fourth-order valence-electron chi connectivity index (χ4n) is 1.63. The van der Waals surface area contributed by atoms with Crippen LogP contribution in [0.4, 0.5) is 0 Å². The number of rotatable bonds is 1. The molecule has 2 heteroatoms. The molecule has 0 aromatic heterocycles. The van der Waals surface area contributed by atoms with Gasteiger partial charge in [0.1, 0.15) is 15.7 Å². The smallest absolute Gasteiger partial charge is 0.0889 e. The molecule has 0 bridgehead atoms. The van der Waals surface area contributed by atoms with Crippen molar-refractivity contribution in [1.29, 1.82) is 0 Å². The van der Waals surface area contributed by atoms with E-state index in [0.717, 1.165) is 0 Å². The summed E-state index contributed by atoms with van der Waals surface area (Å²) in [6, 6.07) is 17.1. The van der Waals surface area contributed by atoms with Gasteiger partial charge in [-0.1, -0.05) is 59.5 Å². The van der Waals surface area contributed by atoms with Crippen LogP contribution in [0.3, 0.4) is 0 Å². The molecule has 0 amide bonds. The highest BCUT2D eigenvalue weighted by Gasteiger charge is 1.98. The van der Waals surface area contributed by atoms with E-state index in [2.05, 4.69) is 64.2 Å². The SMILES string of the molecule is Bc1ccc(-c2ccccc2B)cc1. The van der Waals surface area contributed by atoms with Gasteiger partial charge < -0.3 is 0 Å². The zero-order valence-corrected chi connectivity index (χ0v) is 8.62. The lowest BCUT2D eigenvalue weighted by atomic mass is 9.86. The van der Waals surface area contributed by atoms with Gasteiger partial charge in [0.25, 0.3) is 0 Å². The molecule has 0 saturated carbocycles. The maximum absolute atomic E-state index is 2.18. The molecule has 66 valence electrons. The maximum atomic E-state index is 2.18. The number of benzene rings is 2. The van der Waals surface area contributed by atoms with Crippen LogP contribution in [0.25, 0.3) is 11.1 Å². The summed E-state index contributed by atoms with van der Waals surface area (Å²) in [6.45, 7) is 0. The van der Waals surface area contributed by atoms with Crippen LogP contribution >= 0.6 is 0 Å². The first-order valence-electron chi connectivity index (χ1n) is 4.90. The minimum Gasteiger partial charge on any atom is -0.0889 e. The third-order valence-corrected chi connectivity index (χ3v) is 2.51. The summed E-state index contributed by atoms with van der Waals surface area (Å²) in [7, 11) is 4.26. The van der Waals surface area contributed by atoms with E-state index in [1.54, 1.807) is 0 Å². The van der Waals surface area contributed by atoms with Gasteiger partial charge in [0.05, 0.1) is 0 Å². The van der Waals surface area contributed by atoms with E-state index in [1.807, 2.05) is 0 Å². The highest BCUT2D eigenvalue weighted by Crippen LogP contribution is 2.14. The van der Waals surface area contributed by atoms with Crippen molar-refractivity contribution in [2.75, 3.05) is 0 Å². The molecule has 0 nitrogen and oxygen atoms in total. The Balaban J connectivity index is 2.50. The van der Waals surface area contributed by atoms with Crippen molar-refractivity contribution in [2.24, 2.45) is 0 Å². The summed E-state index contributed by atoms with van der Waals surface area (Å²) in [6.07, 6.45) is 0. The lowest BCUT2D eigenvalue weighted by Crippen LogP contribution is -2.06. The highest BCUT2D eigenvalue weighted by molar-refractivity contribution is 6.36. The van der Waals surface area contributed by atoms with Crippen molar-refractivity contribution in [2.45, 2.75) is 0 Å². The van der Waals surface area contributed by atoms with Crippen molar-refractivity contribution >= 4 is 26.6 Å². The zero-order valence-electron chi connectivity index (χ0n) is 8.62. The van der Waals surface area contributed by atoms with Crippen molar-refractivity contribution in [3.63, 3.8) is 0 Å². The summed E-state index contributed by atoms with van der Waals surface area (Å²) in [5, 5.41) is 0. The average molecular weight is 178 g/mol. The minimum atomic E-state index is 1.30. The molecule has 0 fully saturated rings.